The maximum atomic E-state index is 4.43. The average molecular weight is 516 g/mol. The molecule has 0 bridgehead atoms. The summed E-state index contributed by atoms with van der Waals surface area (Å²) in [5, 5.41) is 0. The number of rotatable bonds is 1. The Hall–Kier alpha value is -0.194. The molecule has 20 heavy (non-hydrogen) atoms. The van der Waals surface area contributed by atoms with Crippen molar-refractivity contribution in [3.05, 3.63) is 56.2 Å². The van der Waals surface area contributed by atoms with E-state index in [1.807, 2.05) is 19.1 Å². The van der Waals surface area contributed by atoms with Crippen LogP contribution in [0.3, 0.4) is 0 Å². The number of aromatic nitrogens is 2. The van der Waals surface area contributed by atoms with E-state index in [0.29, 0.717) is 0 Å². The first-order valence-corrected chi connectivity index (χ1v) is 6.43. The smallest absolute Gasteiger partial charge is 0.359 e. The molecule has 0 spiro atoms. The number of halogens is 1. The quantitative estimate of drug-likeness (QED) is 0.462. The molecule has 0 N–H and O–H groups in total. The van der Waals surface area contributed by atoms with Crippen molar-refractivity contribution in [3.63, 3.8) is 0 Å². The molecule has 2 nitrogen and oxygen atoms in total. The molecule has 0 fully saturated rings. The van der Waals surface area contributed by atoms with Gasteiger partial charge in [-0.1, -0.05) is 15.9 Å². The van der Waals surface area contributed by atoms with Crippen LogP contribution in [0.25, 0.3) is 11.0 Å². The fourth-order valence-electron chi connectivity index (χ4n) is 1.50. The number of hydrogen-bond donors (Lipinski definition) is 0. The maximum Gasteiger partial charge on any atom is 4.00 e. The second kappa shape index (κ2) is 11.5. The first kappa shape index (κ1) is 24.8. The molecule has 0 amide bonds. The van der Waals surface area contributed by atoms with Gasteiger partial charge in [-0.05, 0) is 25.1 Å². The summed E-state index contributed by atoms with van der Waals surface area (Å²) < 4.78 is 3.18. The van der Waals surface area contributed by atoms with Gasteiger partial charge in [-0.3, -0.25) is 0 Å². The Morgan fingerprint density at radius 2 is 1.75 bits per heavy atom. The summed E-state index contributed by atoms with van der Waals surface area (Å²) in [6, 6.07) is 6.08. The van der Waals surface area contributed by atoms with Crippen LogP contribution in [-0.2, 0) is 26.3 Å². The minimum absolute atomic E-state index is 0. The van der Waals surface area contributed by atoms with Gasteiger partial charge in [-0.15, -0.1) is 6.54 Å². The molecular weight excluding hydrogens is 490 g/mol. The molecule has 0 aliphatic rings. The second-order valence-corrected chi connectivity index (χ2v) is 5.36. The van der Waals surface area contributed by atoms with Gasteiger partial charge in [0.2, 0.25) is 0 Å². The van der Waals surface area contributed by atoms with Crippen LogP contribution in [-0.4, -0.2) is 9.55 Å². The number of hydrogen-bond acceptors (Lipinski definition) is 1. The van der Waals surface area contributed by atoms with Crippen molar-refractivity contribution in [1.29, 1.82) is 0 Å². The van der Waals surface area contributed by atoms with Crippen molar-refractivity contribution in [2.45, 2.75) is 34.2 Å². The van der Waals surface area contributed by atoms with Crippen LogP contribution >= 0.6 is 15.9 Å². The molecule has 0 saturated carbocycles. The molecule has 1 heterocycles. The molecule has 2 aromatic rings. The Morgan fingerprint density at radius 3 is 2.20 bits per heavy atom. The third-order valence-electron chi connectivity index (χ3n) is 2.12. The standard InChI is InChI=1S/C10H10BrN2.C4H9.2CH3.Os/c1-3-13-7(2)12-9-5-4-8(11)6-10(9)13;1-4(2)3;;;/h4-6H,1,3H2,2H3;1-3H3;2*1H3;/q4*-1;+4. The first-order valence-electron chi connectivity index (χ1n) is 5.64. The first-order chi connectivity index (χ1) is 7.95. The average Bonchev–Trinajstić information content (AvgIpc) is 2.52. The van der Waals surface area contributed by atoms with Crippen molar-refractivity contribution in [2.75, 3.05) is 0 Å². The van der Waals surface area contributed by atoms with Crippen LogP contribution in [0.15, 0.2) is 22.7 Å². The summed E-state index contributed by atoms with van der Waals surface area (Å²) in [5.74, 6) is 2.43. The fraction of sp³-hybridized carbons (Fsp3) is 0.312. The topological polar surface area (TPSA) is 17.8 Å². The van der Waals surface area contributed by atoms with E-state index in [-0.39, 0.29) is 34.6 Å². The van der Waals surface area contributed by atoms with E-state index in [4.69, 9.17) is 0 Å². The predicted molar refractivity (Wildman–Crippen MR) is 90.6 cm³/mol. The summed E-state index contributed by atoms with van der Waals surface area (Å²) in [6.45, 7) is 12.8. The summed E-state index contributed by atoms with van der Waals surface area (Å²) in [5.41, 5.74) is 2.17. The van der Waals surface area contributed by atoms with E-state index in [2.05, 4.69) is 59.2 Å². The molecule has 1 aromatic carbocycles. The molecular formula is C16H25BrN2Os. The molecule has 0 atom stereocenters. The molecule has 0 saturated heterocycles. The molecule has 1 aromatic heterocycles. The summed E-state index contributed by atoms with van der Waals surface area (Å²) in [4.78, 5) is 4.43. The Bertz CT molecular complexity index is 490. The van der Waals surface area contributed by atoms with Crippen molar-refractivity contribution >= 4 is 27.0 Å². The van der Waals surface area contributed by atoms with E-state index >= 15 is 0 Å². The molecule has 0 aliphatic heterocycles. The fourth-order valence-corrected chi connectivity index (χ4v) is 1.85. The van der Waals surface area contributed by atoms with Crippen LogP contribution < -0.4 is 0 Å². The molecule has 0 aliphatic carbocycles. The Morgan fingerprint density at radius 1 is 1.25 bits per heavy atom. The maximum absolute atomic E-state index is 4.43. The number of aryl methyl sites for hydroxylation is 1. The largest absolute Gasteiger partial charge is 4.00 e. The molecule has 4 heteroatoms. The van der Waals surface area contributed by atoms with E-state index in [0.717, 1.165) is 27.9 Å². The van der Waals surface area contributed by atoms with Crippen LogP contribution in [0.5, 0.6) is 0 Å². The van der Waals surface area contributed by atoms with Crippen LogP contribution in [0.2, 0.25) is 0 Å². The third kappa shape index (κ3) is 7.00. The summed E-state index contributed by atoms with van der Waals surface area (Å²) in [7, 11) is 0. The van der Waals surface area contributed by atoms with Crippen molar-refractivity contribution in [1.82, 2.24) is 9.55 Å². The van der Waals surface area contributed by atoms with E-state index < -0.39 is 0 Å². The number of fused-ring (bicyclic) bond motifs is 1. The minimum atomic E-state index is 0. The van der Waals surface area contributed by atoms with E-state index in [1.54, 1.807) is 0 Å². The van der Waals surface area contributed by atoms with Gasteiger partial charge in [0, 0.05) is 4.47 Å². The Labute approximate surface area is 146 Å². The molecule has 0 unspecified atom stereocenters. The van der Waals surface area contributed by atoms with Gasteiger partial charge in [-0.2, -0.15) is 20.8 Å². The van der Waals surface area contributed by atoms with Gasteiger partial charge in [0.25, 0.3) is 0 Å². The zero-order valence-corrected chi connectivity index (χ0v) is 17.4. The third-order valence-corrected chi connectivity index (χ3v) is 2.62. The summed E-state index contributed by atoms with van der Waals surface area (Å²) >= 11 is 3.44. The minimum Gasteiger partial charge on any atom is -0.359 e. The Balaban J connectivity index is -0.000000372. The van der Waals surface area contributed by atoms with Gasteiger partial charge in [0.05, 0.1) is 11.0 Å². The van der Waals surface area contributed by atoms with Gasteiger partial charge >= 0.3 is 19.8 Å². The zero-order chi connectivity index (χ0) is 13.0. The number of nitrogens with zero attached hydrogens (tertiary/aromatic N) is 2. The van der Waals surface area contributed by atoms with Gasteiger partial charge < -0.3 is 32.3 Å². The zero-order valence-electron chi connectivity index (χ0n) is 13.3. The second-order valence-electron chi connectivity index (χ2n) is 4.44. The van der Waals surface area contributed by atoms with Crippen molar-refractivity contribution in [2.24, 2.45) is 0 Å². The predicted octanol–water partition coefficient (Wildman–Crippen LogP) is 5.46. The normalized spacial score (nSPS) is 8.95. The SMILES string of the molecule is C[C-](C)C.[CH2-]Cn1c(C)nc2ccc(Br)cc21.[CH3-].[CH3-].[Os+4]. The van der Waals surface area contributed by atoms with Crippen LogP contribution in [0, 0.1) is 34.6 Å². The van der Waals surface area contributed by atoms with Gasteiger partial charge in [0.1, 0.15) is 5.82 Å². The monoisotopic (exact) mass is 516 g/mol. The van der Waals surface area contributed by atoms with Crippen LogP contribution in [0.1, 0.15) is 26.6 Å². The van der Waals surface area contributed by atoms with Gasteiger partial charge in [-0.25, -0.2) is 4.98 Å². The number of imidazole rings is 1. The molecule has 0 radical (unpaired) electrons. The molecule has 2 rings (SSSR count). The van der Waals surface area contributed by atoms with Gasteiger partial charge in [0.15, 0.2) is 0 Å². The Kier molecular flexibility index (Phi) is 14.2. The van der Waals surface area contributed by atoms with Crippen molar-refractivity contribution < 1.29 is 19.8 Å². The molecule has 114 valence electrons. The van der Waals surface area contributed by atoms with Crippen LogP contribution in [0.4, 0.5) is 0 Å². The van der Waals surface area contributed by atoms with E-state index in [1.165, 1.54) is 5.92 Å². The summed E-state index contributed by atoms with van der Waals surface area (Å²) in [6.07, 6.45) is 0. The number of benzene rings is 1. The van der Waals surface area contributed by atoms with Crippen molar-refractivity contribution in [3.8, 4) is 0 Å². The van der Waals surface area contributed by atoms with E-state index in [9.17, 15) is 0 Å².